The van der Waals surface area contributed by atoms with Crippen LogP contribution in [0.4, 0.5) is 0 Å². The van der Waals surface area contributed by atoms with E-state index in [-0.39, 0.29) is 403 Å². The summed E-state index contributed by atoms with van der Waals surface area (Å²) in [5.41, 5.74) is 0. The van der Waals surface area contributed by atoms with Crippen molar-refractivity contribution in [3.8, 4) is 0 Å². The minimum atomic E-state index is -1.60. The second-order valence-electron chi connectivity index (χ2n) is 14.0. The van der Waals surface area contributed by atoms with Crippen LogP contribution in [0.15, 0.2) is 12.8 Å². The SMILES string of the molecule is C=CO[C@H]1OC(CO)[C@@H](O)[C@H](O)C1O.CC(=O)OCC1O[C@H](OC(C)=O)C(O)[C@H](OC(C)=O)[C@@H]1OC(C)=O.CCO[C@H]1OC(CO)[C@@H](O)[C@H](O)C1O.OCC1O[C@H](O)C(O)[C@@H](O)[C@@H]1O.[Ac].[Ac].[Ac].[Ac].[Ac].[Ac].[Ac].[Ac].[Ac]. The van der Waals surface area contributed by atoms with Crippen LogP contribution in [0.2, 0.25) is 0 Å². The second kappa shape index (κ2) is 55.7. The Bertz CT molecular complexity index is 1420. The van der Waals surface area contributed by atoms with E-state index in [0.717, 1.165) is 34.0 Å². The summed E-state index contributed by atoms with van der Waals surface area (Å²) < 4.78 is 49.3. The van der Waals surface area contributed by atoms with E-state index in [1.807, 2.05) is 0 Å². The number of esters is 4. The molecule has 0 aromatic rings. The Balaban J connectivity index is -0.000000106. The van der Waals surface area contributed by atoms with Crippen LogP contribution < -0.4 is 0 Å². The average Bonchev–Trinajstić information content (AvgIpc) is 3.23. The van der Waals surface area contributed by atoms with Gasteiger partial charge in [-0.2, -0.15) is 0 Å². The molecule has 0 aromatic carbocycles. The first-order valence-electron chi connectivity index (χ1n) is 19.4. The quantitative estimate of drug-likeness (QED) is 0.0490. The molecule has 28 nitrogen and oxygen atoms in total. The van der Waals surface area contributed by atoms with Gasteiger partial charge in [0.15, 0.2) is 30.9 Å². The van der Waals surface area contributed by atoms with Gasteiger partial charge < -0.3 is 119 Å². The molecule has 401 valence electrons. The molecule has 4 saturated heterocycles. The van der Waals surface area contributed by atoms with E-state index < -0.39 is 167 Å². The Hall–Kier alpha value is 9.63. The van der Waals surface area contributed by atoms with Gasteiger partial charge in [-0.1, -0.05) is 6.58 Å². The van der Waals surface area contributed by atoms with Crippen molar-refractivity contribution in [2.45, 2.75) is 157 Å². The Morgan fingerprint density at radius 3 is 1.16 bits per heavy atom. The van der Waals surface area contributed by atoms with E-state index in [4.69, 9.17) is 78.4 Å². The van der Waals surface area contributed by atoms with Crippen LogP contribution in [0.3, 0.4) is 0 Å². The molecule has 4 aliphatic heterocycles. The number of aliphatic hydroxyl groups is 14. The van der Waals surface area contributed by atoms with Crippen LogP contribution in [-0.2, 0) is 66.5 Å². The molecule has 0 aromatic heterocycles. The van der Waals surface area contributed by atoms with Crippen molar-refractivity contribution in [3.63, 3.8) is 0 Å². The zero-order chi connectivity index (χ0) is 49.2. The summed E-state index contributed by atoms with van der Waals surface area (Å²) in [4.78, 5) is 44.7. The van der Waals surface area contributed by atoms with Crippen LogP contribution in [0.5, 0.6) is 0 Å². The van der Waals surface area contributed by atoms with E-state index in [1.54, 1.807) is 6.92 Å². The summed E-state index contributed by atoms with van der Waals surface area (Å²) in [5.74, 6) is -2.87. The van der Waals surface area contributed by atoms with E-state index in [0.29, 0.717) is 6.61 Å². The molecule has 0 saturated carbocycles. The van der Waals surface area contributed by atoms with Crippen LogP contribution in [0, 0.1) is 397 Å². The molecule has 20 atom stereocenters. The van der Waals surface area contributed by atoms with Gasteiger partial charge in [0.2, 0.25) is 12.6 Å². The van der Waals surface area contributed by atoms with Gasteiger partial charge >= 0.3 is 23.9 Å². The molecule has 14 N–H and O–H groups in total. The predicted molar refractivity (Wildman–Crippen MR) is 201 cm³/mol. The van der Waals surface area contributed by atoms with E-state index in [1.165, 1.54) is 0 Å². The third-order valence-electron chi connectivity index (χ3n) is 9.08. The van der Waals surface area contributed by atoms with Gasteiger partial charge in [0, 0.05) is 431 Å². The zero-order valence-corrected chi connectivity index (χ0v) is 83.2. The van der Waals surface area contributed by atoms with Gasteiger partial charge in [0.1, 0.15) is 86.0 Å². The van der Waals surface area contributed by atoms with Crippen molar-refractivity contribution in [3.05, 3.63) is 12.8 Å². The molecule has 9 radical (unpaired) electrons. The van der Waals surface area contributed by atoms with Crippen LogP contribution >= 0.6 is 0 Å². The topological polar surface area (TPSA) is 444 Å². The fourth-order valence-corrected chi connectivity index (χ4v) is 5.87. The van der Waals surface area contributed by atoms with Crippen molar-refractivity contribution in [2.24, 2.45) is 0 Å². The number of rotatable bonds is 12. The molecule has 73 heavy (non-hydrogen) atoms. The normalized spacial score (nSPS) is 34.5. The molecule has 4 aliphatic rings. The molecule has 8 unspecified atom stereocenters. The maximum atomic E-state index is 11.3. The van der Waals surface area contributed by atoms with Gasteiger partial charge in [0.05, 0.1) is 26.1 Å². The maximum absolute atomic E-state index is 11.3. The molecule has 0 amide bonds. The van der Waals surface area contributed by atoms with Gasteiger partial charge in [-0.25, -0.2) is 0 Å². The Morgan fingerprint density at radius 2 is 0.795 bits per heavy atom. The fraction of sp³-hybridized carbons (Fsp3) is 0.833. The van der Waals surface area contributed by atoms with Gasteiger partial charge in [0.25, 0.3) is 0 Å². The molecule has 4 fully saturated rings. The van der Waals surface area contributed by atoms with E-state index in [2.05, 4.69) is 11.3 Å². The third kappa shape index (κ3) is 36.8. The molecule has 0 bridgehead atoms. The number of ether oxygens (including phenoxy) is 10. The summed E-state index contributed by atoms with van der Waals surface area (Å²) in [7, 11) is 0. The standard InChI is InChI=1S/C14H20O10.C8H16O6.C8H14O6.C6H12O6.9Ac/c1-6(15)20-5-10-12(21-7(2)16)13(22-8(3)17)11(19)14(24-10)23-9(4)18;2*1-2-13-8-7(12)6(11)5(10)4(3-9)14-8;7-1-2-3(8)4(9)5(10)6(11)12-2;;;;;;;;;/h10-14,19H,5H2,1-4H3;4-12H,2-3H2,1H3;2,4-12H,1,3H2;2-11H,1H2;;;;;;;;;/t10?,11?,12-,13+,14+;2*4?,5-,6+,7?,8+;2?,3-,4+,5?,6+;;;;;;;;;/m1111........./s1. The summed E-state index contributed by atoms with van der Waals surface area (Å²) >= 11 is 0. The number of hydrogen-bond donors (Lipinski definition) is 14. The maximum Gasteiger partial charge on any atom is 0.305 e. The molecule has 4 heterocycles. The Morgan fingerprint density at radius 1 is 0.438 bits per heavy atom. The molecule has 0 spiro atoms. The van der Waals surface area contributed by atoms with Crippen LogP contribution in [0.25, 0.3) is 0 Å². The predicted octanol–water partition coefficient (Wildman–Crippen LogP) is -8.39. The first-order chi connectivity index (χ1) is 29.9. The monoisotopic (exact) mass is 2990 g/mol. The van der Waals surface area contributed by atoms with Gasteiger partial charge in [-0.3, -0.25) is 19.2 Å². The fourth-order valence-electron chi connectivity index (χ4n) is 5.87. The minimum absolute atomic E-state index is 0. The van der Waals surface area contributed by atoms with Gasteiger partial charge in [-0.05, 0) is 6.92 Å². The Kier molecular flexibility index (Phi) is 77.5. The van der Waals surface area contributed by atoms with Crippen LogP contribution in [0.1, 0.15) is 34.6 Å². The largest absolute Gasteiger partial charge is 0.470 e. The zero-order valence-electron chi connectivity index (χ0n) is 40.5. The Labute approximate surface area is 743 Å². The van der Waals surface area contributed by atoms with Gasteiger partial charge in [-0.15, -0.1) is 0 Å². The number of carbonyl (C=O) groups excluding carboxylic acids is 4. The molecular formula is C36H62Ac9O28. The number of carbonyl (C=O) groups is 4. The first-order valence-corrected chi connectivity index (χ1v) is 19.4. The van der Waals surface area contributed by atoms with Crippen molar-refractivity contribution in [1.29, 1.82) is 0 Å². The smallest absolute Gasteiger partial charge is 0.305 e. The summed E-state index contributed by atoms with van der Waals surface area (Å²) in [6, 6.07) is 0. The summed E-state index contributed by atoms with van der Waals surface area (Å²) in [5, 5.41) is 129. The summed E-state index contributed by atoms with van der Waals surface area (Å²) in [6.07, 6.45) is -24.9. The molecule has 37 heteroatoms. The molecule has 4 rings (SSSR count). The molecular weight excluding hydrogens is 2920 g/mol. The average molecular weight is 2990 g/mol. The van der Waals surface area contributed by atoms with Crippen molar-refractivity contribution < 1.29 is 535 Å². The third-order valence-corrected chi connectivity index (χ3v) is 9.08. The summed E-state index contributed by atoms with van der Waals surface area (Å²) in [6.45, 7) is 7.94. The van der Waals surface area contributed by atoms with E-state index in [9.17, 15) is 54.9 Å². The molecule has 0 aliphatic carbocycles. The van der Waals surface area contributed by atoms with Crippen molar-refractivity contribution in [1.82, 2.24) is 0 Å². The minimum Gasteiger partial charge on any atom is -0.470 e. The number of hydrogen-bond acceptors (Lipinski definition) is 28. The van der Waals surface area contributed by atoms with Crippen LogP contribution in [-0.4, -0.2) is 251 Å². The second-order valence-corrected chi connectivity index (χ2v) is 14.0. The van der Waals surface area contributed by atoms with Crippen molar-refractivity contribution >= 4 is 23.9 Å². The van der Waals surface area contributed by atoms with Crippen molar-refractivity contribution in [2.75, 3.05) is 33.0 Å². The van der Waals surface area contributed by atoms with E-state index >= 15 is 0 Å². The number of aliphatic hydroxyl groups excluding tert-OH is 14. The first kappa shape index (κ1) is 102.